The first-order chi connectivity index (χ1) is 9.50. The molecule has 1 N–H and O–H groups in total. The zero-order chi connectivity index (χ0) is 14.6. The number of benzene rings is 1. The van der Waals surface area contributed by atoms with Gasteiger partial charge in [0.05, 0.1) is 19.8 Å². The minimum atomic E-state index is -0.446. The lowest BCUT2D eigenvalue weighted by Crippen LogP contribution is -2.36. The third-order valence-electron chi connectivity index (χ3n) is 3.48. The van der Waals surface area contributed by atoms with Gasteiger partial charge in [-0.2, -0.15) is 0 Å². The van der Waals surface area contributed by atoms with Crippen molar-refractivity contribution < 1.29 is 14.2 Å². The average Bonchev–Trinajstić information content (AvgIpc) is 2.77. The fourth-order valence-electron chi connectivity index (χ4n) is 2.47. The van der Waals surface area contributed by atoms with Crippen LogP contribution in [0, 0.1) is 0 Å². The molecule has 4 nitrogen and oxygen atoms in total. The zero-order valence-electron chi connectivity index (χ0n) is 12.8. The van der Waals surface area contributed by atoms with Gasteiger partial charge < -0.3 is 19.5 Å². The molecule has 0 bridgehead atoms. The summed E-state index contributed by atoms with van der Waals surface area (Å²) in [6, 6.07) is 8.50. The number of nitrogens with one attached hydrogen (secondary N) is 1. The summed E-state index contributed by atoms with van der Waals surface area (Å²) in [6.45, 7) is 7.53. The smallest absolute Gasteiger partial charge is 0.163 e. The van der Waals surface area contributed by atoms with Gasteiger partial charge in [0.1, 0.15) is 5.75 Å². The van der Waals surface area contributed by atoms with Gasteiger partial charge in [0.15, 0.2) is 5.79 Å². The number of para-hydroxylation sites is 1. The lowest BCUT2D eigenvalue weighted by Gasteiger charge is -2.20. The van der Waals surface area contributed by atoms with Gasteiger partial charge in [-0.3, -0.25) is 0 Å². The fourth-order valence-corrected chi connectivity index (χ4v) is 2.47. The Kier molecular flexibility index (Phi) is 5.02. The Balaban J connectivity index is 1.79. The Bertz CT molecular complexity index is 433. The molecule has 112 valence electrons. The van der Waals surface area contributed by atoms with Crippen molar-refractivity contribution in [3.8, 4) is 5.75 Å². The molecular weight excluding hydrogens is 254 g/mol. The Labute approximate surface area is 121 Å². The molecule has 0 spiro atoms. The second-order valence-electron chi connectivity index (χ2n) is 5.78. The highest BCUT2D eigenvalue weighted by atomic mass is 16.7. The van der Waals surface area contributed by atoms with Crippen molar-refractivity contribution in [1.29, 1.82) is 0 Å². The van der Waals surface area contributed by atoms with Crippen molar-refractivity contribution in [3.05, 3.63) is 29.8 Å². The third kappa shape index (κ3) is 4.20. The highest BCUT2D eigenvalue weighted by Crippen LogP contribution is 2.22. The Morgan fingerprint density at radius 2 is 2.15 bits per heavy atom. The van der Waals surface area contributed by atoms with Crippen LogP contribution >= 0.6 is 0 Å². The summed E-state index contributed by atoms with van der Waals surface area (Å²) in [7, 11) is 1.71. The van der Waals surface area contributed by atoms with Crippen LogP contribution in [0.15, 0.2) is 24.3 Å². The number of methoxy groups -OCH3 is 1. The average molecular weight is 279 g/mol. The van der Waals surface area contributed by atoms with Crippen LogP contribution in [0.4, 0.5) is 0 Å². The summed E-state index contributed by atoms with van der Waals surface area (Å²) in [6.07, 6.45) is 1.06. The summed E-state index contributed by atoms with van der Waals surface area (Å²) < 4.78 is 16.7. The Morgan fingerprint density at radius 1 is 1.40 bits per heavy atom. The van der Waals surface area contributed by atoms with E-state index in [1.807, 2.05) is 32.0 Å². The highest BCUT2D eigenvalue weighted by molar-refractivity contribution is 5.33. The van der Waals surface area contributed by atoms with Crippen molar-refractivity contribution >= 4 is 0 Å². The lowest BCUT2D eigenvalue weighted by atomic mass is 10.1. The summed E-state index contributed by atoms with van der Waals surface area (Å²) in [5.41, 5.74) is 1.22. The Hall–Kier alpha value is -1.10. The van der Waals surface area contributed by atoms with Gasteiger partial charge in [0.2, 0.25) is 0 Å². The van der Waals surface area contributed by atoms with Crippen molar-refractivity contribution in [2.45, 2.75) is 45.1 Å². The van der Waals surface area contributed by atoms with E-state index >= 15 is 0 Å². The predicted molar refractivity (Wildman–Crippen MR) is 79.1 cm³/mol. The summed E-state index contributed by atoms with van der Waals surface area (Å²) >= 11 is 0. The molecule has 2 unspecified atom stereocenters. The fraction of sp³-hybridized carbons (Fsp3) is 0.625. The van der Waals surface area contributed by atoms with Crippen LogP contribution in [0.5, 0.6) is 5.75 Å². The minimum absolute atomic E-state index is 0.130. The van der Waals surface area contributed by atoms with Gasteiger partial charge in [-0.05, 0) is 38.8 Å². The van der Waals surface area contributed by atoms with Crippen LogP contribution in [0.1, 0.15) is 26.3 Å². The topological polar surface area (TPSA) is 39.7 Å². The zero-order valence-corrected chi connectivity index (χ0v) is 12.8. The van der Waals surface area contributed by atoms with Gasteiger partial charge in [0, 0.05) is 12.6 Å². The third-order valence-corrected chi connectivity index (χ3v) is 3.48. The van der Waals surface area contributed by atoms with Crippen molar-refractivity contribution in [3.63, 3.8) is 0 Å². The van der Waals surface area contributed by atoms with E-state index in [4.69, 9.17) is 14.2 Å². The van der Waals surface area contributed by atoms with Gasteiger partial charge in [-0.1, -0.05) is 18.2 Å². The molecule has 1 saturated heterocycles. The maximum Gasteiger partial charge on any atom is 0.163 e. The first kappa shape index (κ1) is 15.3. The molecule has 0 aromatic heterocycles. The SMILES string of the molecule is COc1ccccc1CC(C)NCC1COC(C)(C)O1. The second kappa shape index (κ2) is 6.57. The molecule has 1 fully saturated rings. The monoisotopic (exact) mass is 279 g/mol. The van der Waals surface area contributed by atoms with Crippen molar-refractivity contribution in [2.24, 2.45) is 0 Å². The van der Waals surface area contributed by atoms with Gasteiger partial charge in [0.25, 0.3) is 0 Å². The van der Waals surface area contributed by atoms with E-state index in [9.17, 15) is 0 Å². The first-order valence-corrected chi connectivity index (χ1v) is 7.17. The molecule has 1 aromatic carbocycles. The molecule has 2 rings (SSSR count). The van der Waals surface area contributed by atoms with E-state index in [-0.39, 0.29) is 6.10 Å². The quantitative estimate of drug-likeness (QED) is 0.868. The maximum absolute atomic E-state index is 5.78. The molecule has 2 atom stereocenters. The number of hydrogen-bond acceptors (Lipinski definition) is 4. The molecule has 0 saturated carbocycles. The van der Waals surface area contributed by atoms with E-state index in [0.717, 1.165) is 18.7 Å². The van der Waals surface area contributed by atoms with Crippen molar-refractivity contribution in [2.75, 3.05) is 20.3 Å². The first-order valence-electron chi connectivity index (χ1n) is 7.17. The van der Waals surface area contributed by atoms with Crippen LogP contribution in [-0.4, -0.2) is 38.2 Å². The second-order valence-corrected chi connectivity index (χ2v) is 5.78. The van der Waals surface area contributed by atoms with E-state index in [0.29, 0.717) is 12.6 Å². The van der Waals surface area contributed by atoms with E-state index in [2.05, 4.69) is 18.3 Å². The molecule has 1 heterocycles. The number of rotatable bonds is 6. The van der Waals surface area contributed by atoms with Crippen LogP contribution in [0.25, 0.3) is 0 Å². The standard InChI is InChI=1S/C16H25NO3/c1-12(9-13-7-5-6-8-15(13)18-4)17-10-14-11-19-16(2,3)20-14/h5-8,12,14,17H,9-11H2,1-4H3. The molecule has 0 aliphatic carbocycles. The molecular formula is C16H25NO3. The molecule has 0 amide bonds. The van der Waals surface area contributed by atoms with Crippen LogP contribution < -0.4 is 10.1 Å². The summed E-state index contributed by atoms with van der Waals surface area (Å²) in [4.78, 5) is 0. The normalized spacial score (nSPS) is 22.7. The van der Waals surface area contributed by atoms with Gasteiger partial charge >= 0.3 is 0 Å². The van der Waals surface area contributed by atoms with Crippen molar-refractivity contribution in [1.82, 2.24) is 5.32 Å². The minimum Gasteiger partial charge on any atom is -0.496 e. The predicted octanol–water partition coefficient (Wildman–Crippen LogP) is 2.37. The summed E-state index contributed by atoms with van der Waals surface area (Å²) in [5, 5.41) is 3.50. The van der Waals surface area contributed by atoms with E-state index in [1.165, 1.54) is 5.56 Å². The molecule has 1 aliphatic heterocycles. The maximum atomic E-state index is 5.78. The van der Waals surface area contributed by atoms with E-state index in [1.54, 1.807) is 7.11 Å². The van der Waals surface area contributed by atoms with Gasteiger partial charge in [-0.25, -0.2) is 0 Å². The van der Waals surface area contributed by atoms with Crippen LogP contribution in [0.3, 0.4) is 0 Å². The molecule has 1 aliphatic rings. The van der Waals surface area contributed by atoms with Crippen LogP contribution in [0.2, 0.25) is 0 Å². The molecule has 20 heavy (non-hydrogen) atoms. The molecule has 0 radical (unpaired) electrons. The van der Waals surface area contributed by atoms with E-state index < -0.39 is 5.79 Å². The highest BCUT2D eigenvalue weighted by Gasteiger charge is 2.32. The Morgan fingerprint density at radius 3 is 2.80 bits per heavy atom. The van der Waals surface area contributed by atoms with Crippen LogP contribution in [-0.2, 0) is 15.9 Å². The van der Waals surface area contributed by atoms with Gasteiger partial charge in [-0.15, -0.1) is 0 Å². The number of hydrogen-bond donors (Lipinski definition) is 1. The summed E-state index contributed by atoms with van der Waals surface area (Å²) in [5.74, 6) is 0.501. The molecule has 4 heteroatoms. The number of ether oxygens (including phenoxy) is 3. The lowest BCUT2D eigenvalue weighted by molar-refractivity contribution is -0.137. The largest absolute Gasteiger partial charge is 0.496 e. The molecule has 1 aromatic rings.